The summed E-state index contributed by atoms with van der Waals surface area (Å²) in [6.45, 7) is 6.07. The topological polar surface area (TPSA) is 80.2 Å². The highest BCUT2D eigenvalue weighted by Crippen LogP contribution is 2.31. The van der Waals surface area contributed by atoms with E-state index in [9.17, 15) is 5.11 Å². The molecule has 7 heteroatoms. The zero-order valence-corrected chi connectivity index (χ0v) is 14.6. The van der Waals surface area contributed by atoms with Gasteiger partial charge in [0.15, 0.2) is 5.58 Å². The first kappa shape index (κ1) is 16.2. The van der Waals surface area contributed by atoms with Crippen molar-refractivity contribution in [2.45, 2.75) is 44.9 Å². The fraction of sp³-hybridized carbons (Fsp3) is 0.500. The molecule has 0 bridgehead atoms. The number of para-hydroxylation sites is 2. The molecule has 0 unspecified atom stereocenters. The Labute approximate surface area is 146 Å². The third kappa shape index (κ3) is 3.17. The largest absolute Gasteiger partial charge is 0.439 e. The molecule has 4 rings (SSSR count). The molecule has 7 nitrogen and oxygen atoms in total. The fourth-order valence-corrected chi connectivity index (χ4v) is 3.39. The summed E-state index contributed by atoms with van der Waals surface area (Å²) < 4.78 is 7.60. The van der Waals surface area contributed by atoms with Crippen LogP contribution in [0.5, 0.6) is 0 Å². The highest BCUT2D eigenvalue weighted by Gasteiger charge is 2.38. The van der Waals surface area contributed by atoms with Crippen LogP contribution in [0.15, 0.2) is 34.9 Å². The summed E-state index contributed by atoms with van der Waals surface area (Å²) in [5.74, 6) is 0.677. The third-order valence-corrected chi connectivity index (χ3v) is 4.76. The van der Waals surface area contributed by atoms with Crippen LogP contribution < -0.4 is 0 Å². The lowest BCUT2D eigenvalue weighted by Gasteiger charge is -2.37. The van der Waals surface area contributed by atoms with Crippen molar-refractivity contribution in [3.05, 3.63) is 42.0 Å². The van der Waals surface area contributed by atoms with Gasteiger partial charge in [-0.05, 0) is 45.4 Å². The summed E-state index contributed by atoms with van der Waals surface area (Å²) in [5.41, 5.74) is 1.33. The minimum absolute atomic E-state index is 0.226. The number of fused-ring (bicyclic) bond motifs is 1. The third-order valence-electron chi connectivity index (χ3n) is 4.76. The maximum atomic E-state index is 11.1. The van der Waals surface area contributed by atoms with Crippen LogP contribution in [-0.2, 0) is 12.1 Å². The molecule has 0 aliphatic carbocycles. The zero-order valence-electron chi connectivity index (χ0n) is 14.6. The van der Waals surface area contributed by atoms with Crippen molar-refractivity contribution < 1.29 is 9.52 Å². The van der Waals surface area contributed by atoms with Crippen molar-refractivity contribution in [2.75, 3.05) is 13.1 Å². The Morgan fingerprint density at radius 2 is 2.16 bits per heavy atom. The van der Waals surface area contributed by atoms with Gasteiger partial charge in [0.1, 0.15) is 16.8 Å². The Bertz CT molecular complexity index is 838. The number of hydrogen-bond donors (Lipinski definition) is 1. The number of aliphatic hydroxyl groups is 1. The zero-order chi connectivity index (χ0) is 17.4. The van der Waals surface area contributed by atoms with Crippen LogP contribution in [0.2, 0.25) is 0 Å². The van der Waals surface area contributed by atoms with E-state index in [0.717, 1.165) is 24.1 Å². The minimum Gasteiger partial charge on any atom is -0.439 e. The number of β-amino-alcohol motifs (C(OH)–C–C–N with tert-alkyl or cyclic N) is 1. The molecule has 3 heterocycles. The quantitative estimate of drug-likeness (QED) is 0.785. The monoisotopic (exact) mass is 341 g/mol. The summed E-state index contributed by atoms with van der Waals surface area (Å²) in [6, 6.07) is 7.98. The average Bonchev–Trinajstić information content (AvgIpc) is 3.22. The van der Waals surface area contributed by atoms with E-state index < -0.39 is 5.60 Å². The van der Waals surface area contributed by atoms with E-state index in [1.807, 2.05) is 44.3 Å². The molecule has 0 amide bonds. The van der Waals surface area contributed by atoms with Gasteiger partial charge in [-0.2, -0.15) is 0 Å². The van der Waals surface area contributed by atoms with Gasteiger partial charge in [0.2, 0.25) is 5.89 Å². The lowest BCUT2D eigenvalue weighted by molar-refractivity contribution is -0.0432. The summed E-state index contributed by atoms with van der Waals surface area (Å²) in [6.07, 6.45) is 3.44. The van der Waals surface area contributed by atoms with Gasteiger partial charge in [0.25, 0.3) is 0 Å². The standard InChI is InChI=1S/C18H23N5O2/c1-13(2)23-10-16(20-21-23)18(24)8-5-9-22(12-18)11-17-19-14-6-3-4-7-15(14)25-17/h3-4,6-7,10,13,24H,5,8-9,11-12H2,1-2H3/t18-/m0/s1. The molecule has 1 aliphatic rings. The van der Waals surface area contributed by atoms with E-state index in [0.29, 0.717) is 31.1 Å². The molecule has 2 aromatic heterocycles. The number of rotatable bonds is 4. The molecule has 1 atom stereocenters. The Morgan fingerprint density at radius 3 is 2.92 bits per heavy atom. The van der Waals surface area contributed by atoms with E-state index in [1.54, 1.807) is 4.68 Å². The van der Waals surface area contributed by atoms with Gasteiger partial charge in [-0.1, -0.05) is 17.3 Å². The van der Waals surface area contributed by atoms with Gasteiger partial charge < -0.3 is 9.52 Å². The van der Waals surface area contributed by atoms with E-state index in [-0.39, 0.29) is 6.04 Å². The van der Waals surface area contributed by atoms with Crippen LogP contribution in [-0.4, -0.2) is 43.1 Å². The number of piperidine rings is 1. The number of likely N-dealkylation sites (tertiary alicyclic amines) is 1. The van der Waals surface area contributed by atoms with E-state index in [4.69, 9.17) is 4.42 Å². The van der Waals surface area contributed by atoms with E-state index >= 15 is 0 Å². The second-order valence-corrected chi connectivity index (χ2v) is 7.10. The second-order valence-electron chi connectivity index (χ2n) is 7.10. The molecule has 3 aromatic rings. The van der Waals surface area contributed by atoms with Crippen LogP contribution in [0.3, 0.4) is 0 Å². The lowest BCUT2D eigenvalue weighted by atomic mass is 9.90. The molecule has 0 radical (unpaired) electrons. The highest BCUT2D eigenvalue weighted by molar-refractivity contribution is 5.72. The van der Waals surface area contributed by atoms with Gasteiger partial charge in [-0.15, -0.1) is 5.10 Å². The predicted octanol–water partition coefficient (Wildman–Crippen LogP) is 2.48. The van der Waals surface area contributed by atoms with Crippen LogP contribution in [0, 0.1) is 0 Å². The summed E-state index contributed by atoms with van der Waals surface area (Å²) in [4.78, 5) is 6.70. The second kappa shape index (κ2) is 6.24. The van der Waals surface area contributed by atoms with Gasteiger partial charge >= 0.3 is 0 Å². The normalized spacial score (nSPS) is 22.1. The van der Waals surface area contributed by atoms with E-state index in [1.165, 1.54) is 0 Å². The maximum Gasteiger partial charge on any atom is 0.209 e. The first-order valence-corrected chi connectivity index (χ1v) is 8.75. The van der Waals surface area contributed by atoms with Crippen molar-refractivity contribution in [1.29, 1.82) is 0 Å². The van der Waals surface area contributed by atoms with Gasteiger partial charge in [0, 0.05) is 12.6 Å². The van der Waals surface area contributed by atoms with E-state index in [2.05, 4.69) is 20.2 Å². The molecule has 25 heavy (non-hydrogen) atoms. The lowest BCUT2D eigenvalue weighted by Crippen LogP contribution is -2.46. The SMILES string of the molecule is CC(C)n1cc([C@]2(O)CCCN(Cc3nc4ccccc4o3)C2)nn1. The molecule has 1 saturated heterocycles. The molecular formula is C18H23N5O2. The Kier molecular flexibility index (Phi) is 4.05. The maximum absolute atomic E-state index is 11.1. The molecule has 0 spiro atoms. The number of hydrogen-bond acceptors (Lipinski definition) is 6. The number of aromatic nitrogens is 4. The Hall–Kier alpha value is -2.25. The smallest absolute Gasteiger partial charge is 0.209 e. The van der Waals surface area contributed by atoms with Crippen LogP contribution >= 0.6 is 0 Å². The van der Waals surface area contributed by atoms with Crippen LogP contribution in [0.25, 0.3) is 11.1 Å². The molecule has 132 valence electrons. The summed E-state index contributed by atoms with van der Waals surface area (Å²) >= 11 is 0. The minimum atomic E-state index is -0.975. The highest BCUT2D eigenvalue weighted by atomic mass is 16.3. The Balaban J connectivity index is 1.51. The summed E-state index contributed by atoms with van der Waals surface area (Å²) in [7, 11) is 0. The molecule has 1 aliphatic heterocycles. The molecule has 1 aromatic carbocycles. The van der Waals surface area contributed by atoms with Gasteiger partial charge in [0.05, 0.1) is 12.7 Å². The van der Waals surface area contributed by atoms with Crippen molar-refractivity contribution in [3.63, 3.8) is 0 Å². The predicted molar refractivity (Wildman–Crippen MR) is 92.8 cm³/mol. The van der Waals surface area contributed by atoms with Crippen molar-refractivity contribution >= 4 is 11.1 Å². The first-order chi connectivity index (χ1) is 12.0. The van der Waals surface area contributed by atoms with Gasteiger partial charge in [-0.3, -0.25) is 4.90 Å². The van der Waals surface area contributed by atoms with Crippen molar-refractivity contribution in [3.8, 4) is 0 Å². The number of nitrogens with zero attached hydrogens (tertiary/aromatic N) is 5. The van der Waals surface area contributed by atoms with Crippen molar-refractivity contribution in [2.24, 2.45) is 0 Å². The molecule has 1 N–H and O–H groups in total. The number of benzene rings is 1. The molecule has 0 saturated carbocycles. The Morgan fingerprint density at radius 1 is 1.32 bits per heavy atom. The first-order valence-electron chi connectivity index (χ1n) is 8.75. The molecule has 1 fully saturated rings. The van der Waals surface area contributed by atoms with Crippen LogP contribution in [0.1, 0.15) is 44.3 Å². The number of oxazole rings is 1. The van der Waals surface area contributed by atoms with Gasteiger partial charge in [-0.25, -0.2) is 9.67 Å². The summed E-state index contributed by atoms with van der Waals surface area (Å²) in [5, 5.41) is 19.5. The average molecular weight is 341 g/mol. The molecular weight excluding hydrogens is 318 g/mol. The fourth-order valence-electron chi connectivity index (χ4n) is 3.39. The van der Waals surface area contributed by atoms with Crippen molar-refractivity contribution in [1.82, 2.24) is 24.9 Å². The van der Waals surface area contributed by atoms with Crippen LogP contribution in [0.4, 0.5) is 0 Å².